The molecule has 1 aliphatic heterocycles. The Kier molecular flexibility index (Phi) is 6.28. The molecule has 2 rings (SSSR count). The topological polar surface area (TPSA) is 52.4 Å². The summed E-state index contributed by atoms with van der Waals surface area (Å²) in [6.07, 6.45) is 2.72. The summed E-state index contributed by atoms with van der Waals surface area (Å²) >= 11 is 0. The molecule has 0 bridgehead atoms. The van der Waals surface area contributed by atoms with E-state index in [1.54, 1.807) is 14.2 Å². The molecule has 0 aromatic carbocycles. The molecule has 0 radical (unpaired) electrons. The average molecular weight is 353 g/mol. The summed E-state index contributed by atoms with van der Waals surface area (Å²) in [5, 5.41) is 9.04. The number of rotatable bonds is 6. The second-order valence-corrected chi connectivity index (χ2v) is 8.29. The van der Waals surface area contributed by atoms with Crippen LogP contribution in [0.15, 0.2) is 0 Å². The molecule has 1 aromatic rings. The minimum atomic E-state index is -0.170. The van der Waals surface area contributed by atoms with Crippen molar-refractivity contribution >= 4 is 0 Å². The van der Waals surface area contributed by atoms with Gasteiger partial charge in [-0.3, -0.25) is 4.90 Å². The van der Waals surface area contributed by atoms with Crippen molar-refractivity contribution < 1.29 is 9.47 Å². The van der Waals surface area contributed by atoms with Crippen molar-refractivity contribution in [2.75, 3.05) is 27.3 Å². The van der Waals surface area contributed by atoms with Crippen LogP contribution in [0.1, 0.15) is 71.9 Å². The molecule has 2 atom stereocenters. The maximum Gasteiger partial charge on any atom is 0.128 e. The Bertz CT molecular complexity index is 568. The highest BCUT2D eigenvalue weighted by Crippen LogP contribution is 2.34. The number of hydrogen-bond acceptors (Lipinski definition) is 5. The number of hydrogen-bond donors (Lipinski definition) is 0. The Morgan fingerprint density at radius 1 is 1.04 bits per heavy atom. The average Bonchev–Trinajstić information content (AvgIpc) is 2.99. The predicted octanol–water partition coefficient (Wildman–Crippen LogP) is 3.17. The first-order valence-electron chi connectivity index (χ1n) is 9.47. The van der Waals surface area contributed by atoms with Crippen molar-refractivity contribution in [1.82, 2.24) is 19.9 Å². The van der Waals surface area contributed by atoms with Gasteiger partial charge in [0.25, 0.3) is 0 Å². The van der Waals surface area contributed by atoms with Crippen molar-refractivity contribution in [3.05, 3.63) is 11.4 Å². The predicted molar refractivity (Wildman–Crippen MR) is 99.8 cm³/mol. The van der Waals surface area contributed by atoms with Crippen molar-refractivity contribution in [2.24, 2.45) is 0 Å². The first-order valence-corrected chi connectivity index (χ1v) is 9.47. The molecule has 6 heteroatoms. The smallest absolute Gasteiger partial charge is 0.128 e. The Balaban J connectivity index is 2.50. The second-order valence-electron chi connectivity index (χ2n) is 8.29. The van der Waals surface area contributed by atoms with Gasteiger partial charge in [-0.05, 0) is 40.5 Å². The molecular formula is C19H36N4O2. The van der Waals surface area contributed by atoms with E-state index in [9.17, 15) is 0 Å². The first kappa shape index (κ1) is 20.3. The molecule has 1 aliphatic rings. The molecule has 0 aliphatic carbocycles. The number of ether oxygens (including phenoxy) is 2. The Labute approximate surface area is 152 Å². The van der Waals surface area contributed by atoms with E-state index in [1.165, 1.54) is 0 Å². The molecule has 2 unspecified atom stereocenters. The lowest BCUT2D eigenvalue weighted by molar-refractivity contribution is -0.0730. The quantitative estimate of drug-likeness (QED) is 0.787. The number of methoxy groups -OCH3 is 2. The third-order valence-electron chi connectivity index (χ3n) is 6.12. The van der Waals surface area contributed by atoms with Gasteiger partial charge in [-0.1, -0.05) is 19.1 Å². The first-order chi connectivity index (χ1) is 11.7. The fraction of sp³-hybridized carbons (Fsp3) is 0.895. The third kappa shape index (κ3) is 3.91. The fourth-order valence-electron chi connectivity index (χ4n) is 3.44. The summed E-state index contributed by atoms with van der Waals surface area (Å²) in [6, 6.07) is 0. The maximum atomic E-state index is 5.94. The zero-order valence-electron chi connectivity index (χ0n) is 17.3. The monoisotopic (exact) mass is 352 g/mol. The van der Waals surface area contributed by atoms with Crippen LogP contribution in [0.3, 0.4) is 0 Å². The highest BCUT2D eigenvalue weighted by Gasteiger charge is 2.39. The molecule has 0 saturated carbocycles. The van der Waals surface area contributed by atoms with E-state index in [2.05, 4.69) is 61.4 Å². The van der Waals surface area contributed by atoms with Gasteiger partial charge in [-0.2, -0.15) is 0 Å². The fourth-order valence-corrected chi connectivity index (χ4v) is 3.44. The lowest BCUT2D eigenvalue weighted by Gasteiger charge is -2.42. The zero-order chi connectivity index (χ0) is 18.8. The zero-order valence-corrected chi connectivity index (χ0v) is 17.3. The van der Waals surface area contributed by atoms with Crippen LogP contribution in [-0.2, 0) is 21.4 Å². The van der Waals surface area contributed by atoms with Crippen LogP contribution >= 0.6 is 0 Å². The van der Waals surface area contributed by atoms with Crippen LogP contribution in [-0.4, -0.2) is 58.8 Å². The van der Waals surface area contributed by atoms with E-state index in [0.29, 0.717) is 0 Å². The molecule has 144 valence electrons. The third-order valence-corrected chi connectivity index (χ3v) is 6.12. The van der Waals surface area contributed by atoms with Crippen LogP contribution in [0.2, 0.25) is 0 Å². The van der Waals surface area contributed by atoms with Gasteiger partial charge < -0.3 is 9.47 Å². The Morgan fingerprint density at radius 3 is 2.20 bits per heavy atom. The second kappa shape index (κ2) is 7.72. The molecule has 25 heavy (non-hydrogen) atoms. The number of fused-ring (bicyclic) bond motifs is 1. The van der Waals surface area contributed by atoms with Gasteiger partial charge in [0, 0.05) is 39.3 Å². The molecule has 0 saturated heterocycles. The Hall–Kier alpha value is -0.980. The molecule has 2 heterocycles. The van der Waals surface area contributed by atoms with Crippen LogP contribution in [0, 0.1) is 0 Å². The number of nitrogens with zero attached hydrogens (tertiary/aromatic N) is 4. The van der Waals surface area contributed by atoms with Crippen LogP contribution in [0.4, 0.5) is 0 Å². The highest BCUT2D eigenvalue weighted by molar-refractivity contribution is 5.19. The van der Waals surface area contributed by atoms with Gasteiger partial charge in [0.15, 0.2) is 0 Å². The van der Waals surface area contributed by atoms with Crippen molar-refractivity contribution in [1.29, 1.82) is 0 Å². The molecular weight excluding hydrogens is 316 g/mol. The van der Waals surface area contributed by atoms with Crippen LogP contribution in [0.25, 0.3) is 0 Å². The number of aromatic nitrogens is 3. The van der Waals surface area contributed by atoms with E-state index >= 15 is 0 Å². The van der Waals surface area contributed by atoms with Gasteiger partial charge in [0.05, 0.1) is 16.9 Å². The molecule has 0 fully saturated rings. The molecule has 0 spiro atoms. The van der Waals surface area contributed by atoms with Gasteiger partial charge in [0.1, 0.15) is 12.2 Å². The standard InChI is InChI=1S/C19H36N4O2/c1-9-18(3,4)22-12-11-14-16(17(25-8)15(13-22)24-7)23(21-20-14)19(5,6)10-2/h15,17H,9-13H2,1-8H3. The highest BCUT2D eigenvalue weighted by atomic mass is 16.5. The molecule has 0 N–H and O–H groups in total. The summed E-state index contributed by atoms with van der Waals surface area (Å²) in [5.41, 5.74) is 2.13. The van der Waals surface area contributed by atoms with E-state index < -0.39 is 0 Å². The lowest BCUT2D eigenvalue weighted by Crippen LogP contribution is -2.51. The van der Waals surface area contributed by atoms with Crippen molar-refractivity contribution in [3.63, 3.8) is 0 Å². The molecule has 0 amide bonds. The summed E-state index contributed by atoms with van der Waals surface area (Å²) in [4.78, 5) is 2.50. The van der Waals surface area contributed by atoms with E-state index in [1.807, 2.05) is 0 Å². The SMILES string of the molecule is CCC(C)(C)N1CCc2nnn(C(C)(C)CC)c2C(OC)C(OC)C1. The van der Waals surface area contributed by atoms with Crippen molar-refractivity contribution in [3.8, 4) is 0 Å². The largest absolute Gasteiger partial charge is 0.377 e. The van der Waals surface area contributed by atoms with Gasteiger partial charge in [0.2, 0.25) is 0 Å². The van der Waals surface area contributed by atoms with E-state index in [4.69, 9.17) is 9.47 Å². The van der Waals surface area contributed by atoms with E-state index in [0.717, 1.165) is 43.7 Å². The van der Waals surface area contributed by atoms with Gasteiger partial charge in [-0.15, -0.1) is 5.10 Å². The van der Waals surface area contributed by atoms with E-state index in [-0.39, 0.29) is 23.3 Å². The molecule has 6 nitrogen and oxygen atoms in total. The van der Waals surface area contributed by atoms with Crippen molar-refractivity contribution in [2.45, 2.75) is 84.1 Å². The minimum Gasteiger partial charge on any atom is -0.377 e. The van der Waals surface area contributed by atoms with Crippen LogP contribution in [0.5, 0.6) is 0 Å². The summed E-state index contributed by atoms with van der Waals surface area (Å²) in [5.74, 6) is 0. The minimum absolute atomic E-state index is 0.0558. The van der Waals surface area contributed by atoms with Gasteiger partial charge in [-0.25, -0.2) is 4.68 Å². The molecule has 1 aromatic heterocycles. The Morgan fingerprint density at radius 2 is 1.68 bits per heavy atom. The van der Waals surface area contributed by atoms with Crippen LogP contribution < -0.4 is 0 Å². The summed E-state index contributed by atoms with van der Waals surface area (Å²) in [7, 11) is 3.53. The summed E-state index contributed by atoms with van der Waals surface area (Å²) in [6.45, 7) is 15.2. The normalized spacial score (nSPS) is 23.2. The lowest BCUT2D eigenvalue weighted by atomic mass is 9.93. The van der Waals surface area contributed by atoms with Gasteiger partial charge >= 0.3 is 0 Å². The summed E-state index contributed by atoms with van der Waals surface area (Å²) < 4.78 is 13.9. The maximum absolute atomic E-state index is 5.94.